The highest BCUT2D eigenvalue weighted by Crippen LogP contribution is 2.37. The Kier molecular flexibility index (Phi) is 15.7. The van der Waals surface area contributed by atoms with Crippen molar-refractivity contribution < 1.29 is 23.8 Å². The van der Waals surface area contributed by atoms with E-state index in [0.717, 1.165) is 46.0 Å². The predicted molar refractivity (Wildman–Crippen MR) is 180 cm³/mol. The molecule has 0 radical (unpaired) electrons. The quantitative estimate of drug-likeness (QED) is 0.237. The van der Waals surface area contributed by atoms with E-state index in [0.29, 0.717) is 13.2 Å². The Labute approximate surface area is 263 Å². The van der Waals surface area contributed by atoms with E-state index in [2.05, 4.69) is 54.1 Å². The van der Waals surface area contributed by atoms with Crippen LogP contribution in [-0.4, -0.2) is 52.8 Å². The fraction of sp³-hybridized carbons (Fsp3) is 0.429. The van der Waals surface area contributed by atoms with Crippen molar-refractivity contribution in [2.45, 2.75) is 86.0 Å². The molecule has 2 amide bonds. The number of carbonyl (C=O) groups excluding carboxylic acids is 2. The molecule has 3 rings (SSSR count). The van der Waals surface area contributed by atoms with Crippen LogP contribution in [0.25, 0.3) is 5.57 Å². The minimum Gasteiger partial charge on any atom is -0.492 e. The Morgan fingerprint density at radius 3 is 2.16 bits per heavy atom. The van der Waals surface area contributed by atoms with E-state index in [1.807, 2.05) is 31.2 Å². The fourth-order valence-corrected chi connectivity index (χ4v) is 3.61. The Morgan fingerprint density at radius 1 is 1.07 bits per heavy atom. The zero-order valence-corrected chi connectivity index (χ0v) is 27.7. The highest BCUT2D eigenvalue weighted by molar-refractivity contribution is 5.89. The smallest absolute Gasteiger partial charge is 0.421 e. The van der Waals surface area contributed by atoms with Crippen LogP contribution in [0.1, 0.15) is 78.5 Å². The molecule has 9 nitrogen and oxygen atoms in total. The maximum atomic E-state index is 12.6. The van der Waals surface area contributed by atoms with Crippen LogP contribution in [0, 0.1) is 0 Å². The van der Waals surface area contributed by atoms with Gasteiger partial charge in [-0.25, -0.2) is 14.6 Å². The third-order valence-corrected chi connectivity index (χ3v) is 5.62. The highest BCUT2D eigenvalue weighted by atomic mass is 16.6. The number of benzene rings is 1. The van der Waals surface area contributed by atoms with Crippen LogP contribution < -0.4 is 10.1 Å². The summed E-state index contributed by atoms with van der Waals surface area (Å²) in [7, 11) is 0. The second kappa shape index (κ2) is 18.3. The molecule has 1 aliphatic heterocycles. The summed E-state index contributed by atoms with van der Waals surface area (Å²) in [5.41, 5.74) is 2.43. The van der Waals surface area contributed by atoms with E-state index in [4.69, 9.17) is 14.2 Å². The van der Waals surface area contributed by atoms with E-state index in [-0.39, 0.29) is 6.67 Å². The topological polar surface area (TPSA) is 102 Å². The molecular formula is C35H50N4O5. The molecule has 1 aliphatic rings. The number of carbonyl (C=O) groups is 2. The van der Waals surface area contributed by atoms with Gasteiger partial charge >= 0.3 is 12.2 Å². The van der Waals surface area contributed by atoms with Crippen molar-refractivity contribution in [3.05, 3.63) is 85.1 Å². The monoisotopic (exact) mass is 606 g/mol. The lowest BCUT2D eigenvalue weighted by Gasteiger charge is -2.27. The Morgan fingerprint density at radius 2 is 1.64 bits per heavy atom. The van der Waals surface area contributed by atoms with Crippen molar-refractivity contribution in [2.75, 3.05) is 18.6 Å². The van der Waals surface area contributed by atoms with Gasteiger partial charge in [0, 0.05) is 36.5 Å². The van der Waals surface area contributed by atoms with Crippen LogP contribution in [0.5, 0.6) is 5.75 Å². The van der Waals surface area contributed by atoms with E-state index < -0.39 is 23.4 Å². The number of fused-ring (bicyclic) bond motifs is 1. The second-order valence-corrected chi connectivity index (χ2v) is 11.7. The summed E-state index contributed by atoms with van der Waals surface area (Å²) in [5, 5.41) is 3.42. The maximum absolute atomic E-state index is 12.6. The molecule has 0 fully saturated rings. The first-order valence-electron chi connectivity index (χ1n) is 14.7. The lowest BCUT2D eigenvalue weighted by Crippen LogP contribution is -2.43. The number of allylic oxidation sites excluding steroid dienone is 3. The molecule has 0 bridgehead atoms. The summed E-state index contributed by atoms with van der Waals surface area (Å²) < 4.78 is 16.7. The number of rotatable bonds is 8. The molecule has 2 aromatic rings. The molecule has 1 aromatic carbocycles. The van der Waals surface area contributed by atoms with Crippen molar-refractivity contribution in [1.29, 1.82) is 0 Å². The van der Waals surface area contributed by atoms with Gasteiger partial charge in [-0.05, 0) is 72.1 Å². The van der Waals surface area contributed by atoms with Crippen LogP contribution in [0.2, 0.25) is 0 Å². The summed E-state index contributed by atoms with van der Waals surface area (Å²) in [6, 6.07) is 10.1. The zero-order chi connectivity index (χ0) is 33.3. The predicted octanol–water partition coefficient (Wildman–Crippen LogP) is 8.62. The zero-order valence-electron chi connectivity index (χ0n) is 27.7. The van der Waals surface area contributed by atoms with E-state index in [9.17, 15) is 9.59 Å². The first-order valence-corrected chi connectivity index (χ1v) is 14.7. The van der Waals surface area contributed by atoms with E-state index in [1.54, 1.807) is 60.0 Å². The number of amides is 2. The number of aromatic nitrogens is 1. The Balaban J connectivity index is 0.00000149. The van der Waals surface area contributed by atoms with Gasteiger partial charge in [0.1, 0.15) is 29.4 Å². The Hall–Kier alpha value is -4.40. The normalized spacial score (nSPS) is 12.4. The van der Waals surface area contributed by atoms with Gasteiger partial charge < -0.3 is 19.5 Å². The van der Waals surface area contributed by atoms with Gasteiger partial charge in [-0.15, -0.1) is 19.7 Å². The first kappa shape index (κ1) is 37.6. The molecule has 0 spiro atoms. The molecule has 2 heterocycles. The lowest BCUT2D eigenvalue weighted by atomic mass is 10.0. The van der Waals surface area contributed by atoms with Gasteiger partial charge in [-0.1, -0.05) is 43.3 Å². The second-order valence-electron chi connectivity index (χ2n) is 11.7. The molecule has 44 heavy (non-hydrogen) atoms. The van der Waals surface area contributed by atoms with Gasteiger partial charge in [-0.2, -0.15) is 4.90 Å². The van der Waals surface area contributed by atoms with Crippen molar-refractivity contribution in [3.8, 4) is 5.75 Å². The van der Waals surface area contributed by atoms with Crippen LogP contribution in [-0.2, 0) is 22.4 Å². The standard InChI is InChI=1S/C29H38N4O5.C4H8.C2H4/c1-20(13-15-30-19-33(26(34)37-28(2,3)4)27(35)38-29(5,6)7)23-18-32-25(22-14-16-36-24(22)23)31-17-21-11-9-8-10-12-21;1-3-4-2;1-2/h8-13,15,18H,14,16-17,19H2,1-7H3,(H,31,32);3H,1,4H2,2H3;1-2H2/b20-13+,30-15-;;. The van der Waals surface area contributed by atoms with E-state index >= 15 is 0 Å². The van der Waals surface area contributed by atoms with Crippen molar-refractivity contribution >= 4 is 29.8 Å². The summed E-state index contributed by atoms with van der Waals surface area (Å²) in [4.78, 5) is 35.0. The number of hydrogen-bond acceptors (Lipinski definition) is 8. The molecular weight excluding hydrogens is 556 g/mol. The number of imide groups is 1. The number of nitrogens with zero attached hydrogens (tertiary/aromatic N) is 3. The first-order chi connectivity index (χ1) is 20.8. The van der Waals surface area contributed by atoms with Crippen LogP contribution in [0.15, 0.2) is 73.4 Å². The summed E-state index contributed by atoms with van der Waals surface area (Å²) >= 11 is 0. The number of anilines is 1. The number of pyridine rings is 1. The third-order valence-electron chi connectivity index (χ3n) is 5.62. The van der Waals surface area contributed by atoms with Crippen molar-refractivity contribution in [2.24, 2.45) is 4.99 Å². The molecule has 240 valence electrons. The molecule has 0 unspecified atom stereocenters. The molecule has 0 atom stereocenters. The van der Waals surface area contributed by atoms with Crippen LogP contribution >= 0.6 is 0 Å². The minimum atomic E-state index is -0.821. The van der Waals surface area contributed by atoms with Gasteiger partial charge in [0.15, 0.2) is 0 Å². The van der Waals surface area contributed by atoms with E-state index in [1.165, 1.54) is 5.56 Å². The van der Waals surface area contributed by atoms with Crippen molar-refractivity contribution in [1.82, 2.24) is 9.88 Å². The number of nitrogens with one attached hydrogen (secondary N) is 1. The van der Waals surface area contributed by atoms with Crippen LogP contribution in [0.3, 0.4) is 0 Å². The van der Waals surface area contributed by atoms with Crippen LogP contribution in [0.4, 0.5) is 15.4 Å². The average molecular weight is 607 g/mol. The fourth-order valence-electron chi connectivity index (χ4n) is 3.61. The number of ether oxygens (including phenoxy) is 3. The SMILES string of the molecule is C/C(=C\C=N/CN(C(=O)OC(C)(C)C)C(=O)OC(C)(C)C)c1cnc(NCc2ccccc2)c2c1OCC2.C=C.C=CCC. The number of aliphatic imine (C=N–C) groups is 1. The Bertz CT molecular complexity index is 1250. The highest BCUT2D eigenvalue weighted by Gasteiger charge is 2.30. The minimum absolute atomic E-state index is 0.247. The van der Waals surface area contributed by atoms with Gasteiger partial charge in [0.05, 0.1) is 6.61 Å². The molecule has 0 saturated carbocycles. The van der Waals surface area contributed by atoms with Gasteiger partial charge in [0.2, 0.25) is 0 Å². The molecule has 9 heteroatoms. The molecule has 1 N–H and O–H groups in total. The molecule has 0 saturated heterocycles. The van der Waals surface area contributed by atoms with Gasteiger partial charge in [0.25, 0.3) is 0 Å². The summed E-state index contributed by atoms with van der Waals surface area (Å²) in [6.07, 6.45) is 7.20. The lowest BCUT2D eigenvalue weighted by molar-refractivity contribution is 0.00213. The van der Waals surface area contributed by atoms with Crippen molar-refractivity contribution in [3.63, 3.8) is 0 Å². The summed E-state index contributed by atoms with van der Waals surface area (Å²) in [5.74, 6) is 1.62. The molecule has 1 aromatic heterocycles. The van der Waals surface area contributed by atoms with Gasteiger partial charge in [-0.3, -0.25) is 4.99 Å². The average Bonchev–Trinajstić information content (AvgIpc) is 3.46. The maximum Gasteiger partial charge on any atom is 0.421 e. The number of hydrogen-bond donors (Lipinski definition) is 1. The largest absolute Gasteiger partial charge is 0.492 e. The third kappa shape index (κ3) is 13.3. The molecule has 0 aliphatic carbocycles. The summed E-state index contributed by atoms with van der Waals surface area (Å²) in [6.45, 7) is 24.9.